The second kappa shape index (κ2) is 2.34. The maximum absolute atomic E-state index is 9.53. The minimum atomic E-state index is -0.343. The molecule has 1 unspecified atom stereocenters. The van der Waals surface area contributed by atoms with Gasteiger partial charge in [0.15, 0.2) is 0 Å². The Bertz CT molecular complexity index is 267. The molecule has 1 aliphatic carbocycles. The largest absolute Gasteiger partial charge is 0.388 e. The van der Waals surface area contributed by atoms with E-state index < -0.39 is 0 Å². The molecule has 0 bridgehead atoms. The molecule has 11 heavy (non-hydrogen) atoms. The maximum Gasteiger partial charge on any atom is 0.142 e. The normalized spacial score (nSPS) is 23.3. The Balaban J connectivity index is 2.48. The van der Waals surface area contributed by atoms with Crippen molar-refractivity contribution in [3.8, 4) is 0 Å². The molecule has 0 saturated carbocycles. The van der Waals surface area contributed by atoms with E-state index in [4.69, 9.17) is 4.52 Å². The molecule has 1 aromatic heterocycles. The quantitative estimate of drug-likeness (QED) is 0.612. The van der Waals surface area contributed by atoms with Crippen molar-refractivity contribution in [1.82, 2.24) is 5.16 Å². The summed E-state index contributed by atoms with van der Waals surface area (Å²) in [6, 6.07) is 0. The third-order valence-electron chi connectivity index (χ3n) is 2.20. The van der Waals surface area contributed by atoms with E-state index in [-0.39, 0.29) is 6.10 Å². The number of aliphatic hydroxyl groups is 1. The number of fused-ring (bicyclic) bond motifs is 1. The predicted molar refractivity (Wildman–Crippen MR) is 39.1 cm³/mol. The van der Waals surface area contributed by atoms with E-state index in [2.05, 4.69) is 5.16 Å². The van der Waals surface area contributed by atoms with Crippen LogP contribution in [0, 0.1) is 6.92 Å². The smallest absolute Gasteiger partial charge is 0.142 e. The van der Waals surface area contributed by atoms with Gasteiger partial charge in [0, 0.05) is 12.0 Å². The van der Waals surface area contributed by atoms with Crippen LogP contribution in [-0.2, 0) is 6.42 Å². The first-order valence-electron chi connectivity index (χ1n) is 3.92. The minimum Gasteiger partial charge on any atom is -0.388 e. The second-order valence-electron chi connectivity index (χ2n) is 3.01. The molecular weight excluding hydrogens is 142 g/mol. The van der Waals surface area contributed by atoms with Crippen LogP contribution in [0.25, 0.3) is 0 Å². The Morgan fingerprint density at radius 1 is 1.64 bits per heavy atom. The third-order valence-corrected chi connectivity index (χ3v) is 2.20. The third kappa shape index (κ3) is 0.959. The predicted octanol–water partition coefficient (Wildman–Crippen LogP) is 1.35. The monoisotopic (exact) mass is 153 g/mol. The lowest BCUT2D eigenvalue weighted by Gasteiger charge is -2.15. The Hall–Kier alpha value is -0.830. The zero-order valence-electron chi connectivity index (χ0n) is 6.50. The van der Waals surface area contributed by atoms with Crippen LogP contribution in [0.3, 0.4) is 0 Å². The fourth-order valence-electron chi connectivity index (χ4n) is 1.63. The molecule has 0 aromatic carbocycles. The van der Waals surface area contributed by atoms with Crippen LogP contribution >= 0.6 is 0 Å². The number of nitrogens with zero attached hydrogens (tertiary/aromatic N) is 1. The summed E-state index contributed by atoms with van der Waals surface area (Å²) in [5.74, 6) is 0.876. The SMILES string of the molecule is Cc1noc2c1C(O)CCC2. The van der Waals surface area contributed by atoms with Gasteiger partial charge in [-0.3, -0.25) is 0 Å². The van der Waals surface area contributed by atoms with Gasteiger partial charge >= 0.3 is 0 Å². The van der Waals surface area contributed by atoms with Gasteiger partial charge in [0.25, 0.3) is 0 Å². The fourth-order valence-corrected chi connectivity index (χ4v) is 1.63. The summed E-state index contributed by atoms with van der Waals surface area (Å²) in [6.07, 6.45) is 2.43. The number of aromatic nitrogens is 1. The molecule has 0 saturated heterocycles. The van der Waals surface area contributed by atoms with Gasteiger partial charge < -0.3 is 9.63 Å². The zero-order valence-corrected chi connectivity index (χ0v) is 6.50. The van der Waals surface area contributed by atoms with E-state index in [0.29, 0.717) is 0 Å². The van der Waals surface area contributed by atoms with Gasteiger partial charge in [-0.1, -0.05) is 5.16 Å². The molecular formula is C8H11NO2. The lowest BCUT2D eigenvalue weighted by atomic mass is 9.94. The Morgan fingerprint density at radius 2 is 2.45 bits per heavy atom. The first kappa shape index (κ1) is 6.85. The minimum absolute atomic E-state index is 0.343. The molecule has 0 amide bonds. The van der Waals surface area contributed by atoms with Gasteiger partial charge in [0.1, 0.15) is 5.76 Å². The molecule has 1 heterocycles. The summed E-state index contributed by atoms with van der Waals surface area (Å²) in [7, 11) is 0. The van der Waals surface area contributed by atoms with Crippen LogP contribution in [0.1, 0.15) is 36.0 Å². The molecule has 0 radical (unpaired) electrons. The van der Waals surface area contributed by atoms with Crippen molar-refractivity contribution in [3.05, 3.63) is 17.0 Å². The first-order chi connectivity index (χ1) is 5.29. The van der Waals surface area contributed by atoms with Crippen molar-refractivity contribution >= 4 is 0 Å². The molecule has 3 heteroatoms. The van der Waals surface area contributed by atoms with E-state index >= 15 is 0 Å². The molecule has 0 fully saturated rings. The highest BCUT2D eigenvalue weighted by molar-refractivity contribution is 5.26. The van der Waals surface area contributed by atoms with Crippen molar-refractivity contribution in [2.24, 2.45) is 0 Å². The van der Waals surface area contributed by atoms with Gasteiger partial charge in [0.2, 0.25) is 0 Å². The number of aliphatic hydroxyl groups excluding tert-OH is 1. The average molecular weight is 153 g/mol. The van der Waals surface area contributed by atoms with Crippen LogP contribution in [0.2, 0.25) is 0 Å². The summed E-state index contributed by atoms with van der Waals surface area (Å²) in [6.45, 7) is 1.87. The van der Waals surface area contributed by atoms with Gasteiger partial charge in [-0.05, 0) is 19.8 Å². The summed E-state index contributed by atoms with van der Waals surface area (Å²) in [4.78, 5) is 0. The van der Waals surface area contributed by atoms with E-state index in [1.807, 2.05) is 6.92 Å². The molecule has 3 nitrogen and oxygen atoms in total. The summed E-state index contributed by atoms with van der Waals surface area (Å²) in [5, 5.41) is 13.3. The van der Waals surface area contributed by atoms with Crippen LogP contribution in [0.5, 0.6) is 0 Å². The summed E-state index contributed by atoms with van der Waals surface area (Å²) in [5.41, 5.74) is 1.77. The highest BCUT2D eigenvalue weighted by Gasteiger charge is 2.24. The number of hydrogen-bond acceptors (Lipinski definition) is 3. The lowest BCUT2D eigenvalue weighted by Crippen LogP contribution is -2.07. The number of rotatable bonds is 0. The molecule has 1 aliphatic rings. The molecule has 1 aromatic rings. The highest BCUT2D eigenvalue weighted by atomic mass is 16.5. The topological polar surface area (TPSA) is 46.3 Å². The number of aryl methyl sites for hydroxylation is 2. The maximum atomic E-state index is 9.53. The van der Waals surface area contributed by atoms with E-state index in [0.717, 1.165) is 36.3 Å². The average Bonchev–Trinajstić information content (AvgIpc) is 2.34. The van der Waals surface area contributed by atoms with Gasteiger partial charge in [-0.25, -0.2) is 0 Å². The molecule has 1 atom stereocenters. The standard InChI is InChI=1S/C8H11NO2/c1-5-8-6(10)3-2-4-7(8)11-9-5/h6,10H,2-4H2,1H3. The van der Waals surface area contributed by atoms with Crippen LogP contribution in [0.4, 0.5) is 0 Å². The molecule has 0 aliphatic heterocycles. The summed E-state index contributed by atoms with van der Waals surface area (Å²) >= 11 is 0. The molecule has 60 valence electrons. The Kier molecular flexibility index (Phi) is 1.46. The van der Waals surface area contributed by atoms with Gasteiger partial charge in [-0.2, -0.15) is 0 Å². The first-order valence-corrected chi connectivity index (χ1v) is 3.92. The van der Waals surface area contributed by atoms with E-state index in [1.54, 1.807) is 0 Å². The molecule has 1 N–H and O–H groups in total. The van der Waals surface area contributed by atoms with Crippen molar-refractivity contribution in [1.29, 1.82) is 0 Å². The van der Waals surface area contributed by atoms with Crippen LogP contribution in [0.15, 0.2) is 4.52 Å². The van der Waals surface area contributed by atoms with Crippen LogP contribution < -0.4 is 0 Å². The highest BCUT2D eigenvalue weighted by Crippen LogP contribution is 2.31. The fraction of sp³-hybridized carbons (Fsp3) is 0.625. The van der Waals surface area contributed by atoms with Crippen molar-refractivity contribution < 1.29 is 9.63 Å². The molecule has 2 rings (SSSR count). The van der Waals surface area contributed by atoms with Crippen molar-refractivity contribution in [3.63, 3.8) is 0 Å². The number of hydrogen-bond donors (Lipinski definition) is 1. The van der Waals surface area contributed by atoms with Gasteiger partial charge in [0.05, 0.1) is 11.8 Å². The van der Waals surface area contributed by atoms with E-state index in [9.17, 15) is 5.11 Å². The Morgan fingerprint density at radius 3 is 3.18 bits per heavy atom. The van der Waals surface area contributed by atoms with Crippen LogP contribution in [-0.4, -0.2) is 10.3 Å². The molecule has 0 spiro atoms. The van der Waals surface area contributed by atoms with E-state index in [1.165, 1.54) is 0 Å². The zero-order chi connectivity index (χ0) is 7.84. The van der Waals surface area contributed by atoms with Gasteiger partial charge in [-0.15, -0.1) is 0 Å². The lowest BCUT2D eigenvalue weighted by molar-refractivity contribution is 0.151. The van der Waals surface area contributed by atoms with Crippen molar-refractivity contribution in [2.45, 2.75) is 32.3 Å². The Labute approximate surface area is 65.0 Å². The second-order valence-corrected chi connectivity index (χ2v) is 3.01. The summed E-state index contributed by atoms with van der Waals surface area (Å²) < 4.78 is 5.05. The van der Waals surface area contributed by atoms with Crippen molar-refractivity contribution in [2.75, 3.05) is 0 Å².